The Morgan fingerprint density at radius 2 is 1.67 bits per heavy atom. The van der Waals surface area contributed by atoms with Crippen LogP contribution >= 0.6 is 23.4 Å². The lowest BCUT2D eigenvalue weighted by molar-refractivity contribution is -0.113. The van der Waals surface area contributed by atoms with Crippen LogP contribution in [0.25, 0.3) is 17.1 Å². The van der Waals surface area contributed by atoms with Gasteiger partial charge in [0.05, 0.1) is 17.8 Å². The molecule has 0 aliphatic heterocycles. The normalized spacial score (nSPS) is 11.1. The van der Waals surface area contributed by atoms with Crippen LogP contribution in [0, 0.1) is 0 Å². The Morgan fingerprint density at radius 1 is 0.976 bits per heavy atom. The Balaban J connectivity index is 1.43. The van der Waals surface area contributed by atoms with Gasteiger partial charge >= 0.3 is 6.03 Å². The summed E-state index contributed by atoms with van der Waals surface area (Å²) >= 11 is 7.28. The number of urea groups is 1. The van der Waals surface area contributed by atoms with Gasteiger partial charge in [0.25, 0.3) is 10.0 Å². The number of unbranched alkanes of at least 4 members (excludes halogenated alkanes) is 1. The predicted molar refractivity (Wildman–Crippen MR) is 163 cm³/mol. The van der Waals surface area contributed by atoms with E-state index < -0.39 is 16.1 Å². The largest absolute Gasteiger partial charge is 0.497 e. The molecule has 11 nitrogen and oxygen atoms in total. The molecule has 0 aliphatic rings. The summed E-state index contributed by atoms with van der Waals surface area (Å²) in [5.74, 6) is 0.957. The molecule has 0 unspecified atom stereocenters. The molecular formula is C28H29ClN6O5S2. The number of anilines is 1. The van der Waals surface area contributed by atoms with Gasteiger partial charge in [0.2, 0.25) is 5.91 Å². The summed E-state index contributed by atoms with van der Waals surface area (Å²) in [6.07, 6.45) is 1.61. The number of nitrogens with zero attached hydrogens (tertiary/aromatic N) is 3. The lowest BCUT2D eigenvalue weighted by Crippen LogP contribution is -2.39. The van der Waals surface area contributed by atoms with E-state index in [-0.39, 0.29) is 16.6 Å². The number of hydrogen-bond acceptors (Lipinski definition) is 8. The van der Waals surface area contributed by atoms with E-state index in [2.05, 4.69) is 20.8 Å². The highest BCUT2D eigenvalue weighted by atomic mass is 35.5. The second-order valence-electron chi connectivity index (χ2n) is 8.92. The summed E-state index contributed by atoms with van der Waals surface area (Å²) in [5.41, 5.74) is 1.96. The Labute approximate surface area is 253 Å². The minimum Gasteiger partial charge on any atom is -0.497 e. The van der Waals surface area contributed by atoms with E-state index in [1.54, 1.807) is 19.2 Å². The van der Waals surface area contributed by atoms with Crippen LogP contribution in [0.5, 0.6) is 5.75 Å². The molecule has 3 aromatic carbocycles. The number of benzene rings is 3. The van der Waals surface area contributed by atoms with Crippen LogP contribution in [0.4, 0.5) is 10.5 Å². The van der Waals surface area contributed by atoms with E-state index in [0.717, 1.165) is 24.1 Å². The fourth-order valence-corrected chi connectivity index (χ4v) is 5.56. The van der Waals surface area contributed by atoms with Crippen LogP contribution in [0.2, 0.25) is 5.02 Å². The number of amides is 3. The number of rotatable bonds is 12. The summed E-state index contributed by atoms with van der Waals surface area (Å²) < 4.78 is 34.0. The van der Waals surface area contributed by atoms with Gasteiger partial charge in [0.15, 0.2) is 11.0 Å². The van der Waals surface area contributed by atoms with Crippen molar-refractivity contribution in [2.75, 3.05) is 24.7 Å². The summed E-state index contributed by atoms with van der Waals surface area (Å²) in [6, 6.07) is 19.3. The highest BCUT2D eigenvalue weighted by Gasteiger charge is 2.19. The van der Waals surface area contributed by atoms with Gasteiger partial charge in [-0.1, -0.05) is 36.7 Å². The molecule has 0 bridgehead atoms. The first-order valence-electron chi connectivity index (χ1n) is 12.9. The molecule has 0 aliphatic carbocycles. The third kappa shape index (κ3) is 8.02. The second-order valence-corrected chi connectivity index (χ2v) is 12.0. The van der Waals surface area contributed by atoms with Crippen LogP contribution in [-0.2, 0) is 14.8 Å². The zero-order chi connectivity index (χ0) is 30.1. The van der Waals surface area contributed by atoms with Crippen molar-refractivity contribution < 1.29 is 22.7 Å². The molecule has 220 valence electrons. The van der Waals surface area contributed by atoms with Crippen molar-refractivity contribution in [2.24, 2.45) is 0 Å². The van der Waals surface area contributed by atoms with Crippen molar-refractivity contribution in [3.05, 3.63) is 77.8 Å². The Kier molecular flexibility index (Phi) is 10.4. The first-order valence-corrected chi connectivity index (χ1v) is 15.7. The first-order chi connectivity index (χ1) is 20.2. The average Bonchev–Trinajstić information content (AvgIpc) is 3.40. The van der Waals surface area contributed by atoms with Crippen molar-refractivity contribution in [3.63, 3.8) is 0 Å². The topological polar surface area (TPSA) is 144 Å². The number of thioether (sulfide) groups is 1. The molecule has 0 fully saturated rings. The van der Waals surface area contributed by atoms with Crippen molar-refractivity contribution >= 4 is 51.0 Å². The molecule has 4 aromatic rings. The minimum absolute atomic E-state index is 0.00781. The number of methoxy groups -OCH3 is 1. The molecule has 14 heteroatoms. The molecular weight excluding hydrogens is 600 g/mol. The molecule has 0 saturated heterocycles. The third-order valence-corrected chi connectivity index (χ3v) is 8.42. The second kappa shape index (κ2) is 14.2. The number of sulfonamides is 1. The van der Waals surface area contributed by atoms with Crippen molar-refractivity contribution in [1.82, 2.24) is 24.8 Å². The summed E-state index contributed by atoms with van der Waals surface area (Å²) in [4.78, 5) is 24.5. The third-order valence-electron chi connectivity index (χ3n) is 5.89. The Bertz CT molecular complexity index is 1630. The lowest BCUT2D eigenvalue weighted by Gasteiger charge is -2.11. The molecule has 1 aromatic heterocycles. The van der Waals surface area contributed by atoms with Gasteiger partial charge in [-0.25, -0.2) is 17.9 Å². The first kappa shape index (κ1) is 30.9. The molecule has 4 rings (SSSR count). The number of aromatic nitrogens is 3. The maximum Gasteiger partial charge on any atom is 0.328 e. The van der Waals surface area contributed by atoms with Crippen LogP contribution in [0.1, 0.15) is 19.8 Å². The van der Waals surface area contributed by atoms with Crippen molar-refractivity contribution in [1.29, 1.82) is 0 Å². The van der Waals surface area contributed by atoms with E-state index in [4.69, 9.17) is 16.3 Å². The van der Waals surface area contributed by atoms with Crippen LogP contribution in [0.15, 0.2) is 82.8 Å². The minimum atomic E-state index is -4.06. The molecule has 3 N–H and O–H groups in total. The Hall–Kier alpha value is -4.07. The SMILES string of the molecule is CCCCNC(=O)NS(=O)(=O)c1ccc(NC(=O)CSc2nnc(-c3ccc(OC)cc3)n2-c2ccc(Cl)cc2)cc1. The van der Waals surface area contributed by atoms with E-state index in [0.29, 0.717) is 34.0 Å². The summed E-state index contributed by atoms with van der Waals surface area (Å²) in [7, 11) is -2.47. The fourth-order valence-electron chi connectivity index (χ4n) is 3.75. The highest BCUT2D eigenvalue weighted by molar-refractivity contribution is 7.99. The number of carbonyl (C=O) groups is 2. The standard InChI is InChI=1S/C28H29ClN6O5S2/c1-3-4-17-30-27(37)34-42(38,39)24-15-9-21(10-16-24)31-25(36)18-41-28-33-32-26(19-5-13-23(40-2)14-6-19)35(28)22-11-7-20(29)8-12-22/h5-16H,3-4,17-18H2,1-2H3,(H,31,36)(H2,30,34,37). The number of ether oxygens (including phenoxy) is 1. The van der Waals surface area contributed by atoms with Crippen LogP contribution in [0.3, 0.4) is 0 Å². The van der Waals surface area contributed by atoms with E-state index >= 15 is 0 Å². The van der Waals surface area contributed by atoms with Gasteiger partial charge in [0, 0.05) is 28.5 Å². The molecule has 42 heavy (non-hydrogen) atoms. The molecule has 1 heterocycles. The van der Waals surface area contributed by atoms with Crippen molar-refractivity contribution in [2.45, 2.75) is 29.8 Å². The summed E-state index contributed by atoms with van der Waals surface area (Å²) in [5, 5.41) is 15.0. The zero-order valence-corrected chi connectivity index (χ0v) is 25.2. The van der Waals surface area contributed by atoms with Crippen LogP contribution < -0.4 is 20.1 Å². The van der Waals surface area contributed by atoms with Gasteiger partial charge in [-0.05, 0) is 79.2 Å². The maximum absolute atomic E-state index is 12.8. The highest BCUT2D eigenvalue weighted by Crippen LogP contribution is 2.29. The van der Waals surface area contributed by atoms with Gasteiger partial charge < -0.3 is 15.4 Å². The molecule has 0 atom stereocenters. The predicted octanol–water partition coefficient (Wildman–Crippen LogP) is 5.12. The number of nitrogens with one attached hydrogen (secondary N) is 3. The molecule has 0 saturated carbocycles. The van der Waals surface area contributed by atoms with Gasteiger partial charge in [-0.3, -0.25) is 9.36 Å². The quantitative estimate of drug-likeness (QED) is 0.145. The molecule has 3 amide bonds. The van der Waals surface area contributed by atoms with Crippen LogP contribution in [-0.4, -0.2) is 54.5 Å². The smallest absolute Gasteiger partial charge is 0.328 e. The van der Waals surface area contributed by atoms with Gasteiger partial charge in [-0.2, -0.15) is 0 Å². The summed E-state index contributed by atoms with van der Waals surface area (Å²) in [6.45, 7) is 2.34. The van der Waals surface area contributed by atoms with E-state index in [9.17, 15) is 18.0 Å². The number of carbonyl (C=O) groups excluding carboxylic acids is 2. The number of halogens is 1. The lowest BCUT2D eigenvalue weighted by atomic mass is 10.2. The molecule has 0 radical (unpaired) electrons. The average molecular weight is 629 g/mol. The number of hydrogen-bond donors (Lipinski definition) is 3. The van der Waals surface area contributed by atoms with E-state index in [1.165, 1.54) is 36.0 Å². The molecule has 0 spiro atoms. The van der Waals surface area contributed by atoms with Gasteiger partial charge in [0.1, 0.15) is 5.75 Å². The van der Waals surface area contributed by atoms with Crippen molar-refractivity contribution in [3.8, 4) is 22.8 Å². The maximum atomic E-state index is 12.8. The fraction of sp³-hybridized carbons (Fsp3) is 0.214. The van der Waals surface area contributed by atoms with Gasteiger partial charge in [-0.15, -0.1) is 10.2 Å². The zero-order valence-electron chi connectivity index (χ0n) is 22.8. The Morgan fingerprint density at radius 3 is 2.31 bits per heavy atom. The monoisotopic (exact) mass is 628 g/mol. The van der Waals surface area contributed by atoms with E-state index in [1.807, 2.05) is 52.6 Å².